The molecule has 8 heteroatoms. The molecule has 0 aromatic carbocycles. The molecule has 1 aromatic heterocycles. The molecular weight excluding hydrogens is 652 g/mol. The second-order valence-corrected chi connectivity index (χ2v) is 19.7. The predicted octanol–water partition coefficient (Wildman–Crippen LogP) is 6.07. The minimum absolute atomic E-state index is 0.0211. The summed E-state index contributed by atoms with van der Waals surface area (Å²) in [4.78, 5) is 18.2. The number of carbonyl (C=O) groups excluding carboxylic acids is 1. The molecule has 1 heterocycles. The van der Waals surface area contributed by atoms with Crippen LogP contribution in [0.1, 0.15) is 117 Å². The Morgan fingerprint density at radius 1 is 0.962 bits per heavy atom. The molecule has 0 radical (unpaired) electrons. The lowest BCUT2D eigenvalue weighted by molar-refractivity contribution is -0.166. The molecule has 0 saturated heterocycles. The second-order valence-electron chi connectivity index (χ2n) is 19.7. The number of nitrogens with zero attached hydrogens (tertiary/aromatic N) is 2. The van der Waals surface area contributed by atoms with Crippen LogP contribution in [0.15, 0.2) is 52.7 Å². The Morgan fingerprint density at radius 2 is 1.77 bits per heavy atom. The van der Waals surface area contributed by atoms with Gasteiger partial charge in [0.25, 0.3) is 0 Å². The van der Waals surface area contributed by atoms with Crippen LogP contribution >= 0.6 is 0 Å². The Labute approximate surface area is 309 Å². The second kappa shape index (κ2) is 12.5. The first-order valence-corrected chi connectivity index (χ1v) is 20.9. The number of rotatable bonds is 6. The van der Waals surface area contributed by atoms with E-state index >= 15 is 0 Å². The van der Waals surface area contributed by atoms with Crippen LogP contribution in [0.4, 0.5) is 0 Å². The highest BCUT2D eigenvalue weighted by atomic mass is 16.3. The van der Waals surface area contributed by atoms with Gasteiger partial charge in [0.15, 0.2) is 5.78 Å². The highest BCUT2D eigenvalue weighted by molar-refractivity contribution is 5.95. The largest absolute Gasteiger partial charge is 0.396 e. The van der Waals surface area contributed by atoms with Crippen molar-refractivity contribution in [3.05, 3.63) is 52.7 Å². The summed E-state index contributed by atoms with van der Waals surface area (Å²) in [7, 11) is 0. The Bertz CT molecular complexity index is 1690. The molecule has 8 aliphatic carbocycles. The third-order valence-corrected chi connectivity index (χ3v) is 17.1. The first-order chi connectivity index (χ1) is 24.8. The smallest absolute Gasteiger partial charge is 0.159 e. The summed E-state index contributed by atoms with van der Waals surface area (Å²) in [6.45, 7) is 7.60. The molecule has 0 aliphatic heterocycles. The van der Waals surface area contributed by atoms with Gasteiger partial charge in [-0.25, -0.2) is 4.98 Å². The van der Waals surface area contributed by atoms with Gasteiger partial charge in [0.05, 0.1) is 36.8 Å². The molecule has 0 bridgehead atoms. The molecule has 1 aromatic rings. The van der Waals surface area contributed by atoms with Gasteiger partial charge in [0.1, 0.15) is 0 Å². The molecule has 0 amide bonds. The first kappa shape index (κ1) is 35.6. The number of allylic oxidation sites excluding steroid dienone is 3. The van der Waals surface area contributed by atoms with Crippen molar-refractivity contribution < 1.29 is 30.3 Å². The van der Waals surface area contributed by atoms with Crippen molar-refractivity contribution in [3.63, 3.8) is 0 Å². The third kappa shape index (κ3) is 4.88. The van der Waals surface area contributed by atoms with E-state index in [4.69, 9.17) is 0 Å². The molecule has 5 N–H and O–H groups in total. The molecule has 0 spiro atoms. The zero-order valence-corrected chi connectivity index (χ0v) is 31.6. The molecule has 52 heavy (non-hydrogen) atoms. The van der Waals surface area contributed by atoms with Crippen LogP contribution in [0.3, 0.4) is 0 Å². The zero-order chi connectivity index (χ0) is 36.4. The normalized spacial score (nSPS) is 45.8. The van der Waals surface area contributed by atoms with Crippen LogP contribution < -0.4 is 0 Å². The molecule has 13 unspecified atom stereocenters. The minimum atomic E-state index is -1.35. The molecule has 9 rings (SSSR count). The van der Waals surface area contributed by atoms with Crippen LogP contribution in [0.25, 0.3) is 0 Å². The molecular formula is C44H62N2O6. The number of imidazole rings is 1. The molecule has 13 atom stereocenters. The van der Waals surface area contributed by atoms with E-state index in [2.05, 4.69) is 30.3 Å². The van der Waals surface area contributed by atoms with Gasteiger partial charge in [0, 0.05) is 42.1 Å². The maximum Gasteiger partial charge on any atom is 0.159 e. The summed E-state index contributed by atoms with van der Waals surface area (Å²) in [5.74, 6) is 0.230. The van der Waals surface area contributed by atoms with E-state index in [1.54, 1.807) is 22.8 Å². The quantitative estimate of drug-likeness (QED) is 0.226. The van der Waals surface area contributed by atoms with E-state index in [9.17, 15) is 30.3 Å². The number of carbonyl (C=O) groups is 1. The van der Waals surface area contributed by atoms with Gasteiger partial charge in [-0.05, 0) is 136 Å². The number of hydrogen-bond donors (Lipinski definition) is 5. The van der Waals surface area contributed by atoms with Gasteiger partial charge in [0.2, 0.25) is 0 Å². The van der Waals surface area contributed by atoms with Crippen molar-refractivity contribution in [1.82, 2.24) is 9.55 Å². The standard InChI is InChI=1S/C44H62N2O6/c1-41(2,15-17-46-18-16-45-24-46)39-28-9-5-4-8-26(28)27-10-6-7-25-19-29(40(51)38(39)37(25)27)30-12-14-44(52)32-20-34(48)33-21-35(49)36(50)22-42(33,3)31(32)11-13-43(30,44)23-47/h16,18,20,24-26,29-31,33,35-36,38,40,47,49-52H,4-15,17,19,21-23H2,1-3H3. The number of aromatic nitrogens is 2. The van der Waals surface area contributed by atoms with E-state index in [1.807, 2.05) is 18.7 Å². The van der Waals surface area contributed by atoms with E-state index in [1.165, 1.54) is 31.3 Å². The number of aryl methyl sites for hydroxylation is 1. The first-order valence-electron chi connectivity index (χ1n) is 20.9. The van der Waals surface area contributed by atoms with Crippen LogP contribution in [0.2, 0.25) is 0 Å². The van der Waals surface area contributed by atoms with Gasteiger partial charge in [-0.15, -0.1) is 0 Å². The topological polar surface area (TPSA) is 136 Å². The monoisotopic (exact) mass is 714 g/mol. The summed E-state index contributed by atoms with van der Waals surface area (Å²) < 4.78 is 2.17. The van der Waals surface area contributed by atoms with Crippen molar-refractivity contribution in [2.75, 3.05) is 6.61 Å². The summed E-state index contributed by atoms with van der Waals surface area (Å²) in [6.07, 6.45) is 18.3. The van der Waals surface area contributed by atoms with E-state index in [0.29, 0.717) is 37.5 Å². The number of aliphatic hydroxyl groups excluding tert-OH is 4. The van der Waals surface area contributed by atoms with Crippen LogP contribution in [-0.4, -0.2) is 71.4 Å². The summed E-state index contributed by atoms with van der Waals surface area (Å²) >= 11 is 0. The highest BCUT2D eigenvalue weighted by Gasteiger charge is 2.70. The van der Waals surface area contributed by atoms with Gasteiger partial charge in [-0.3, -0.25) is 4.79 Å². The predicted molar refractivity (Wildman–Crippen MR) is 197 cm³/mol. The van der Waals surface area contributed by atoms with Crippen molar-refractivity contribution >= 4 is 5.78 Å². The Hall–Kier alpha value is -2.10. The van der Waals surface area contributed by atoms with Crippen LogP contribution in [0.5, 0.6) is 0 Å². The Balaban J connectivity index is 1.10. The van der Waals surface area contributed by atoms with Crippen molar-refractivity contribution in [1.29, 1.82) is 0 Å². The number of fused-ring (bicyclic) bond motifs is 7. The lowest BCUT2D eigenvalue weighted by Crippen LogP contribution is -2.63. The molecule has 284 valence electrons. The number of aliphatic hydroxyl groups is 5. The molecule has 5 fully saturated rings. The van der Waals surface area contributed by atoms with E-state index < -0.39 is 34.7 Å². The average Bonchev–Trinajstić information content (AvgIpc) is 3.76. The van der Waals surface area contributed by atoms with Gasteiger partial charge in [-0.1, -0.05) is 49.5 Å². The summed E-state index contributed by atoms with van der Waals surface area (Å²) in [6, 6.07) is 0. The van der Waals surface area contributed by atoms with Crippen LogP contribution in [-0.2, 0) is 11.3 Å². The SMILES string of the molecule is CC(C)(CCn1ccnc1)C1=C2CCCCC2C2=C3C(CCC2)CC(C2CCC4(O)C5=CC(=O)C6CC(O)C(O)CC6(C)C5CCC24CO)C(O)C31. The maximum absolute atomic E-state index is 13.9. The summed E-state index contributed by atoms with van der Waals surface area (Å²) in [5, 5.41) is 59.1. The fraction of sp³-hybridized carbons (Fsp3) is 0.773. The van der Waals surface area contributed by atoms with E-state index in [0.717, 1.165) is 50.6 Å². The zero-order valence-electron chi connectivity index (χ0n) is 31.6. The summed E-state index contributed by atoms with van der Waals surface area (Å²) in [5.41, 5.74) is 4.19. The molecule has 8 aliphatic rings. The van der Waals surface area contributed by atoms with Crippen molar-refractivity contribution in [3.8, 4) is 0 Å². The van der Waals surface area contributed by atoms with Gasteiger partial charge < -0.3 is 30.1 Å². The highest BCUT2D eigenvalue weighted by Crippen LogP contribution is 2.70. The van der Waals surface area contributed by atoms with Gasteiger partial charge >= 0.3 is 0 Å². The van der Waals surface area contributed by atoms with Crippen molar-refractivity contribution in [2.24, 2.45) is 57.7 Å². The van der Waals surface area contributed by atoms with E-state index in [-0.39, 0.29) is 53.8 Å². The Morgan fingerprint density at radius 3 is 2.54 bits per heavy atom. The Kier molecular flexibility index (Phi) is 8.53. The maximum atomic E-state index is 13.9. The fourth-order valence-electron chi connectivity index (χ4n) is 14.7. The lowest BCUT2D eigenvalue weighted by Gasteiger charge is -2.61. The van der Waals surface area contributed by atoms with Gasteiger partial charge in [-0.2, -0.15) is 0 Å². The fourth-order valence-corrected chi connectivity index (χ4v) is 14.7. The third-order valence-electron chi connectivity index (χ3n) is 17.1. The lowest BCUT2D eigenvalue weighted by atomic mass is 9.44. The molecule has 8 nitrogen and oxygen atoms in total. The average molecular weight is 715 g/mol. The van der Waals surface area contributed by atoms with Crippen LogP contribution in [0, 0.1) is 57.7 Å². The number of ketones is 1. The minimum Gasteiger partial charge on any atom is -0.396 e. The number of hydrogen-bond acceptors (Lipinski definition) is 7. The molecule has 5 saturated carbocycles. The van der Waals surface area contributed by atoms with Crippen molar-refractivity contribution in [2.45, 2.75) is 148 Å².